The molecule has 6 nitrogen and oxygen atoms in total. The lowest BCUT2D eigenvalue weighted by atomic mass is 9.96. The highest BCUT2D eigenvalue weighted by molar-refractivity contribution is 7.10. The molecule has 3 aromatic rings. The van der Waals surface area contributed by atoms with E-state index in [9.17, 15) is 9.90 Å². The van der Waals surface area contributed by atoms with Crippen molar-refractivity contribution in [1.82, 2.24) is 10.3 Å². The highest BCUT2D eigenvalue weighted by atomic mass is 32.1. The molecule has 1 fully saturated rings. The minimum absolute atomic E-state index is 0.115. The van der Waals surface area contributed by atoms with Crippen molar-refractivity contribution in [3.63, 3.8) is 0 Å². The van der Waals surface area contributed by atoms with E-state index in [4.69, 9.17) is 9.47 Å². The van der Waals surface area contributed by atoms with Gasteiger partial charge in [-0.3, -0.25) is 9.78 Å². The summed E-state index contributed by atoms with van der Waals surface area (Å²) in [4.78, 5) is 17.3. The smallest absolute Gasteiger partial charge is 0.307 e. The third kappa shape index (κ3) is 6.57. The Balaban J connectivity index is 1.27. The monoisotopic (exact) mass is 478 g/mol. The predicted octanol–water partition coefficient (Wildman–Crippen LogP) is 4.26. The number of fused-ring (bicyclic) bond motifs is 1. The highest BCUT2D eigenvalue weighted by Crippen LogP contribution is 2.29. The average Bonchev–Trinajstić information content (AvgIpc) is 3.33. The number of benzene rings is 1. The number of aryl methyl sites for hydroxylation is 1. The van der Waals surface area contributed by atoms with E-state index >= 15 is 0 Å². The average molecular weight is 479 g/mol. The Bertz CT molecular complexity index is 1170. The molecule has 7 heteroatoms. The molecule has 0 amide bonds. The Morgan fingerprint density at radius 2 is 2.26 bits per heavy atom. The minimum atomic E-state index is -0.606. The summed E-state index contributed by atoms with van der Waals surface area (Å²) >= 11 is 1.56. The number of pyridine rings is 1. The third-order valence-electron chi connectivity index (χ3n) is 6.07. The van der Waals surface area contributed by atoms with Crippen LogP contribution in [-0.4, -0.2) is 42.9 Å². The Hall–Kier alpha value is -2.92. The molecule has 2 N–H and O–H groups in total. The van der Waals surface area contributed by atoms with Crippen molar-refractivity contribution in [2.45, 2.75) is 38.2 Å². The van der Waals surface area contributed by atoms with Crippen LogP contribution in [0.15, 0.2) is 41.9 Å². The summed E-state index contributed by atoms with van der Waals surface area (Å²) in [6.45, 7) is 2.04. The number of hydrogen-bond donors (Lipinski definition) is 2. The first-order valence-electron chi connectivity index (χ1n) is 11.7. The molecule has 4 rings (SSSR count). The fourth-order valence-corrected chi connectivity index (χ4v) is 5.04. The molecule has 1 aliphatic heterocycles. The standard InChI is InChI=1S/C27H30N2O4S/c1-32-21-7-8-25-24(16-21)23(10-12-29-25)26(30)9-6-20-14-22(34-18-20)5-3-13-33-27(31)15-19-4-2-11-28-17-19/h7-8,10,12,14,16,18-19,26,28,30H,2,4,6,9,11,13,15,17H2,1H3/t19-,26+/m0/s1. The van der Waals surface area contributed by atoms with Gasteiger partial charge in [0.05, 0.1) is 23.6 Å². The van der Waals surface area contributed by atoms with Gasteiger partial charge in [0.15, 0.2) is 6.61 Å². The van der Waals surface area contributed by atoms with Crippen molar-refractivity contribution in [3.05, 3.63) is 57.9 Å². The van der Waals surface area contributed by atoms with Gasteiger partial charge in [-0.25, -0.2) is 0 Å². The molecular weight excluding hydrogens is 448 g/mol. The fraction of sp³-hybridized carbons (Fsp3) is 0.407. The number of hydrogen-bond acceptors (Lipinski definition) is 7. The van der Waals surface area contributed by atoms with Crippen molar-refractivity contribution in [2.75, 3.05) is 26.8 Å². The van der Waals surface area contributed by atoms with Crippen molar-refractivity contribution < 1.29 is 19.4 Å². The molecule has 0 unspecified atom stereocenters. The molecule has 3 heterocycles. The van der Waals surface area contributed by atoms with E-state index in [1.807, 2.05) is 30.3 Å². The van der Waals surface area contributed by atoms with Crippen LogP contribution in [0.1, 0.15) is 47.8 Å². The number of methoxy groups -OCH3 is 1. The molecular formula is C27H30N2O4S. The number of carbonyl (C=O) groups is 1. The zero-order valence-electron chi connectivity index (χ0n) is 19.4. The number of rotatable bonds is 8. The number of ether oxygens (including phenoxy) is 2. The molecule has 1 aliphatic rings. The van der Waals surface area contributed by atoms with E-state index in [-0.39, 0.29) is 12.6 Å². The lowest BCUT2D eigenvalue weighted by Gasteiger charge is -2.21. The van der Waals surface area contributed by atoms with Crippen molar-refractivity contribution in [1.29, 1.82) is 0 Å². The molecule has 2 aromatic heterocycles. The molecule has 1 saturated heterocycles. The fourth-order valence-electron chi connectivity index (χ4n) is 4.23. The second-order valence-corrected chi connectivity index (χ2v) is 9.45. The van der Waals surface area contributed by atoms with Gasteiger partial charge in [-0.15, -0.1) is 11.3 Å². The van der Waals surface area contributed by atoms with Crippen LogP contribution in [0.5, 0.6) is 5.75 Å². The van der Waals surface area contributed by atoms with Crippen LogP contribution in [0.3, 0.4) is 0 Å². The number of piperidine rings is 1. The van der Waals surface area contributed by atoms with Crippen LogP contribution < -0.4 is 10.1 Å². The minimum Gasteiger partial charge on any atom is -0.497 e. The zero-order valence-corrected chi connectivity index (χ0v) is 20.2. The highest BCUT2D eigenvalue weighted by Gasteiger charge is 2.17. The molecule has 2 atom stereocenters. The predicted molar refractivity (Wildman–Crippen MR) is 134 cm³/mol. The third-order valence-corrected chi connectivity index (χ3v) is 6.97. The second-order valence-electron chi connectivity index (χ2n) is 8.54. The quantitative estimate of drug-likeness (QED) is 0.372. The molecule has 0 radical (unpaired) electrons. The molecule has 1 aromatic carbocycles. The Morgan fingerprint density at radius 1 is 1.35 bits per heavy atom. The zero-order chi connectivity index (χ0) is 23.8. The van der Waals surface area contributed by atoms with E-state index in [2.05, 4.69) is 27.5 Å². The number of nitrogens with one attached hydrogen (secondary N) is 1. The maximum Gasteiger partial charge on any atom is 0.307 e. The first-order chi connectivity index (χ1) is 16.6. The molecule has 0 saturated carbocycles. The second kappa shape index (κ2) is 12.0. The van der Waals surface area contributed by atoms with Crippen LogP contribution in [0.25, 0.3) is 10.9 Å². The Labute approximate surface area is 204 Å². The Morgan fingerprint density at radius 3 is 3.09 bits per heavy atom. The SMILES string of the molecule is COc1ccc2nccc([C@H](O)CCc3csc(C#CCOC(=O)C[C@@H]4CCCNC4)c3)c2c1. The van der Waals surface area contributed by atoms with Gasteiger partial charge < -0.3 is 19.9 Å². The largest absolute Gasteiger partial charge is 0.497 e. The maximum atomic E-state index is 12.0. The Kier molecular flexibility index (Phi) is 8.53. The number of esters is 1. The lowest BCUT2D eigenvalue weighted by molar-refractivity contribution is -0.143. The lowest BCUT2D eigenvalue weighted by Crippen LogP contribution is -2.31. The van der Waals surface area contributed by atoms with E-state index in [0.29, 0.717) is 18.8 Å². The van der Waals surface area contributed by atoms with E-state index in [1.165, 1.54) is 0 Å². The van der Waals surface area contributed by atoms with E-state index in [0.717, 1.165) is 65.0 Å². The van der Waals surface area contributed by atoms with Crippen LogP contribution in [-0.2, 0) is 16.0 Å². The van der Waals surface area contributed by atoms with Crippen LogP contribution >= 0.6 is 11.3 Å². The van der Waals surface area contributed by atoms with Gasteiger partial charge in [0, 0.05) is 18.0 Å². The van der Waals surface area contributed by atoms with Crippen molar-refractivity contribution in [3.8, 4) is 17.6 Å². The summed E-state index contributed by atoms with van der Waals surface area (Å²) < 4.78 is 10.6. The van der Waals surface area contributed by atoms with Crippen LogP contribution in [0, 0.1) is 17.8 Å². The van der Waals surface area contributed by atoms with Gasteiger partial charge in [0.2, 0.25) is 0 Å². The summed E-state index contributed by atoms with van der Waals surface area (Å²) in [5.41, 5.74) is 2.82. The summed E-state index contributed by atoms with van der Waals surface area (Å²) in [7, 11) is 1.63. The summed E-state index contributed by atoms with van der Waals surface area (Å²) in [5.74, 6) is 6.95. The number of aliphatic hydroxyl groups is 1. The van der Waals surface area contributed by atoms with E-state index < -0.39 is 6.10 Å². The molecule has 178 valence electrons. The van der Waals surface area contributed by atoms with Gasteiger partial charge in [0.25, 0.3) is 0 Å². The van der Waals surface area contributed by atoms with Gasteiger partial charge in [-0.2, -0.15) is 0 Å². The summed E-state index contributed by atoms with van der Waals surface area (Å²) in [5, 5.41) is 17.1. The number of aromatic nitrogens is 1. The normalized spacial score (nSPS) is 16.5. The number of thiophene rings is 1. The van der Waals surface area contributed by atoms with Gasteiger partial charge in [-0.1, -0.05) is 11.8 Å². The van der Waals surface area contributed by atoms with Gasteiger partial charge in [-0.05, 0) is 91.5 Å². The summed E-state index contributed by atoms with van der Waals surface area (Å²) in [6.07, 6.45) is 5.09. The van der Waals surface area contributed by atoms with Crippen LogP contribution in [0.4, 0.5) is 0 Å². The molecule has 0 aliphatic carbocycles. The number of carbonyl (C=O) groups excluding carboxylic acids is 1. The first-order valence-corrected chi connectivity index (χ1v) is 12.5. The first kappa shape index (κ1) is 24.2. The topological polar surface area (TPSA) is 80.7 Å². The molecule has 0 bridgehead atoms. The molecule has 34 heavy (non-hydrogen) atoms. The maximum absolute atomic E-state index is 12.0. The van der Waals surface area contributed by atoms with Crippen molar-refractivity contribution in [2.24, 2.45) is 5.92 Å². The summed E-state index contributed by atoms with van der Waals surface area (Å²) in [6, 6.07) is 9.59. The number of nitrogens with zero attached hydrogens (tertiary/aromatic N) is 1. The van der Waals surface area contributed by atoms with E-state index in [1.54, 1.807) is 24.6 Å². The van der Waals surface area contributed by atoms with Gasteiger partial charge in [0.1, 0.15) is 5.75 Å². The number of aliphatic hydroxyl groups excluding tert-OH is 1. The molecule has 0 spiro atoms. The van der Waals surface area contributed by atoms with Gasteiger partial charge >= 0.3 is 5.97 Å². The van der Waals surface area contributed by atoms with Crippen molar-refractivity contribution >= 4 is 28.2 Å². The van der Waals surface area contributed by atoms with Crippen LogP contribution in [0.2, 0.25) is 0 Å².